The van der Waals surface area contributed by atoms with Crippen molar-refractivity contribution in [2.45, 2.75) is 38.3 Å². The maximum Gasteiger partial charge on any atom is 0.128 e. The van der Waals surface area contributed by atoms with Crippen LogP contribution < -0.4 is 0 Å². The van der Waals surface area contributed by atoms with Gasteiger partial charge in [-0.3, -0.25) is 5.41 Å². The van der Waals surface area contributed by atoms with Crippen molar-refractivity contribution in [3.63, 3.8) is 0 Å². The van der Waals surface area contributed by atoms with E-state index in [2.05, 4.69) is 0 Å². The fourth-order valence-corrected chi connectivity index (χ4v) is 2.94. The highest BCUT2D eigenvalue weighted by Gasteiger charge is 2.24. The lowest BCUT2D eigenvalue weighted by Crippen LogP contribution is -2.29. The first kappa shape index (κ1) is 12.6. The van der Waals surface area contributed by atoms with Crippen LogP contribution >= 0.6 is 0 Å². The molecule has 19 heavy (non-hydrogen) atoms. The summed E-state index contributed by atoms with van der Waals surface area (Å²) < 4.78 is 19.0. The summed E-state index contributed by atoms with van der Waals surface area (Å²) in [4.78, 5) is 1.96. The van der Waals surface area contributed by atoms with Gasteiger partial charge in [0.1, 0.15) is 11.7 Å². The molecule has 1 heterocycles. The van der Waals surface area contributed by atoms with E-state index in [0.717, 1.165) is 11.1 Å². The third-order valence-corrected chi connectivity index (χ3v) is 4.02. The van der Waals surface area contributed by atoms with Crippen molar-refractivity contribution in [1.82, 2.24) is 4.90 Å². The zero-order valence-electron chi connectivity index (χ0n) is 11.0. The van der Waals surface area contributed by atoms with Crippen LogP contribution in [-0.2, 0) is 11.3 Å². The van der Waals surface area contributed by atoms with E-state index in [1.807, 2.05) is 4.90 Å². The molecule has 0 aromatic heterocycles. The average Bonchev–Trinajstić information content (AvgIpc) is 3.00. The molecule has 1 saturated carbocycles. The van der Waals surface area contributed by atoms with E-state index >= 15 is 0 Å². The SMILES string of the molecule is N=C1c2cc(F)ccc2CN1CCOC1CCCC1. The van der Waals surface area contributed by atoms with E-state index in [9.17, 15) is 4.39 Å². The van der Waals surface area contributed by atoms with Gasteiger partial charge in [0.15, 0.2) is 0 Å². The van der Waals surface area contributed by atoms with Gasteiger partial charge < -0.3 is 9.64 Å². The lowest BCUT2D eigenvalue weighted by atomic mass is 10.1. The van der Waals surface area contributed by atoms with E-state index in [1.54, 1.807) is 6.07 Å². The van der Waals surface area contributed by atoms with Gasteiger partial charge in [-0.25, -0.2) is 4.39 Å². The molecular formula is C15H19FN2O. The van der Waals surface area contributed by atoms with Crippen LogP contribution in [0.25, 0.3) is 0 Å². The summed E-state index contributed by atoms with van der Waals surface area (Å²) in [7, 11) is 0. The normalized spacial score (nSPS) is 19.2. The van der Waals surface area contributed by atoms with E-state index in [4.69, 9.17) is 10.1 Å². The standard InChI is InChI=1S/C15H19FN2O/c16-12-6-5-11-10-18(15(17)14(11)9-12)7-8-19-13-3-1-2-4-13/h5-6,9,13,17H,1-4,7-8,10H2. The summed E-state index contributed by atoms with van der Waals surface area (Å²) in [6.45, 7) is 2.07. The van der Waals surface area contributed by atoms with Gasteiger partial charge in [0.2, 0.25) is 0 Å². The van der Waals surface area contributed by atoms with E-state index in [-0.39, 0.29) is 5.82 Å². The number of hydrogen-bond donors (Lipinski definition) is 1. The smallest absolute Gasteiger partial charge is 0.128 e. The van der Waals surface area contributed by atoms with Gasteiger partial charge in [0.25, 0.3) is 0 Å². The Balaban J connectivity index is 1.55. The molecule has 0 radical (unpaired) electrons. The average molecular weight is 262 g/mol. The molecule has 0 unspecified atom stereocenters. The van der Waals surface area contributed by atoms with E-state index in [0.29, 0.717) is 31.6 Å². The number of amidine groups is 1. The second-order valence-corrected chi connectivity index (χ2v) is 5.35. The van der Waals surface area contributed by atoms with Crippen LogP contribution in [0.3, 0.4) is 0 Å². The number of nitrogens with zero attached hydrogens (tertiary/aromatic N) is 1. The number of rotatable bonds is 4. The first-order valence-corrected chi connectivity index (χ1v) is 6.98. The Bertz CT molecular complexity index is 483. The minimum Gasteiger partial charge on any atom is -0.376 e. The Kier molecular flexibility index (Phi) is 3.51. The first-order chi connectivity index (χ1) is 9.24. The molecule has 3 nitrogen and oxygen atoms in total. The van der Waals surface area contributed by atoms with Crippen molar-refractivity contribution in [3.8, 4) is 0 Å². The Labute approximate surface area is 112 Å². The second-order valence-electron chi connectivity index (χ2n) is 5.35. The maximum absolute atomic E-state index is 13.2. The molecule has 0 saturated heterocycles. The maximum atomic E-state index is 13.2. The van der Waals surface area contributed by atoms with Crippen LogP contribution in [0.4, 0.5) is 4.39 Å². The van der Waals surface area contributed by atoms with Gasteiger partial charge in [-0.05, 0) is 30.5 Å². The van der Waals surface area contributed by atoms with Crippen LogP contribution in [0.1, 0.15) is 36.8 Å². The summed E-state index contributed by atoms with van der Waals surface area (Å²) in [5.74, 6) is 0.150. The summed E-state index contributed by atoms with van der Waals surface area (Å²) in [5.41, 5.74) is 1.76. The van der Waals surface area contributed by atoms with Gasteiger partial charge in [-0.1, -0.05) is 18.9 Å². The minimum atomic E-state index is -0.271. The minimum absolute atomic E-state index is 0.271. The fraction of sp³-hybridized carbons (Fsp3) is 0.533. The molecule has 1 fully saturated rings. The number of halogens is 1. The number of benzene rings is 1. The largest absolute Gasteiger partial charge is 0.376 e. The Hall–Kier alpha value is -1.42. The molecule has 4 heteroatoms. The molecule has 1 aliphatic heterocycles. The van der Waals surface area contributed by atoms with Crippen molar-refractivity contribution in [2.24, 2.45) is 0 Å². The quantitative estimate of drug-likeness (QED) is 0.905. The second kappa shape index (κ2) is 5.29. The van der Waals surface area contributed by atoms with E-state index < -0.39 is 0 Å². The first-order valence-electron chi connectivity index (χ1n) is 6.98. The number of ether oxygens (including phenoxy) is 1. The molecule has 0 amide bonds. The molecule has 102 valence electrons. The fourth-order valence-electron chi connectivity index (χ4n) is 2.94. The number of nitrogens with one attached hydrogen (secondary N) is 1. The molecule has 0 atom stereocenters. The lowest BCUT2D eigenvalue weighted by molar-refractivity contribution is 0.0507. The highest BCUT2D eigenvalue weighted by Crippen LogP contribution is 2.24. The highest BCUT2D eigenvalue weighted by atomic mass is 19.1. The van der Waals surface area contributed by atoms with Gasteiger partial charge in [0.05, 0.1) is 12.7 Å². The number of hydrogen-bond acceptors (Lipinski definition) is 2. The van der Waals surface area contributed by atoms with Gasteiger partial charge in [-0.15, -0.1) is 0 Å². The summed E-state index contributed by atoms with van der Waals surface area (Å²) in [5, 5.41) is 8.08. The van der Waals surface area contributed by atoms with Crippen LogP contribution in [0.2, 0.25) is 0 Å². The third-order valence-electron chi connectivity index (χ3n) is 4.02. The molecule has 1 aromatic carbocycles. The monoisotopic (exact) mass is 262 g/mol. The van der Waals surface area contributed by atoms with Gasteiger partial charge >= 0.3 is 0 Å². The zero-order valence-corrected chi connectivity index (χ0v) is 11.0. The van der Waals surface area contributed by atoms with Crippen molar-refractivity contribution in [1.29, 1.82) is 5.41 Å². The summed E-state index contributed by atoms with van der Waals surface area (Å²) in [6, 6.07) is 4.69. The predicted molar refractivity (Wildman–Crippen MR) is 71.8 cm³/mol. The molecule has 0 spiro atoms. The zero-order chi connectivity index (χ0) is 13.2. The topological polar surface area (TPSA) is 36.3 Å². The van der Waals surface area contributed by atoms with Gasteiger partial charge in [-0.2, -0.15) is 0 Å². The molecule has 2 aliphatic rings. The van der Waals surface area contributed by atoms with Crippen molar-refractivity contribution < 1.29 is 9.13 Å². The molecule has 1 aliphatic carbocycles. The van der Waals surface area contributed by atoms with Crippen LogP contribution in [0.5, 0.6) is 0 Å². The molecule has 1 aromatic rings. The summed E-state index contributed by atoms with van der Waals surface area (Å²) in [6.07, 6.45) is 5.30. The van der Waals surface area contributed by atoms with Gasteiger partial charge in [0, 0.05) is 18.7 Å². The van der Waals surface area contributed by atoms with Crippen molar-refractivity contribution in [2.75, 3.05) is 13.2 Å². The Morgan fingerprint density at radius 3 is 2.89 bits per heavy atom. The van der Waals surface area contributed by atoms with Crippen molar-refractivity contribution in [3.05, 3.63) is 35.1 Å². The third kappa shape index (κ3) is 2.63. The van der Waals surface area contributed by atoms with Crippen molar-refractivity contribution >= 4 is 5.84 Å². The van der Waals surface area contributed by atoms with Crippen LogP contribution in [0.15, 0.2) is 18.2 Å². The Morgan fingerprint density at radius 1 is 1.32 bits per heavy atom. The number of fused-ring (bicyclic) bond motifs is 1. The summed E-state index contributed by atoms with van der Waals surface area (Å²) >= 11 is 0. The molecule has 1 N–H and O–H groups in total. The molecular weight excluding hydrogens is 243 g/mol. The lowest BCUT2D eigenvalue weighted by Gasteiger charge is -2.19. The van der Waals surface area contributed by atoms with Crippen LogP contribution in [0, 0.1) is 11.2 Å². The highest BCUT2D eigenvalue weighted by molar-refractivity contribution is 6.00. The predicted octanol–water partition coefficient (Wildman–Crippen LogP) is 2.93. The molecule has 3 rings (SSSR count). The van der Waals surface area contributed by atoms with E-state index in [1.165, 1.54) is 37.8 Å². The van der Waals surface area contributed by atoms with Crippen LogP contribution in [-0.4, -0.2) is 30.0 Å². The Morgan fingerprint density at radius 2 is 2.11 bits per heavy atom. The molecule has 0 bridgehead atoms.